The van der Waals surface area contributed by atoms with E-state index in [9.17, 15) is 14.7 Å². The van der Waals surface area contributed by atoms with Crippen LogP contribution < -0.4 is 0 Å². The van der Waals surface area contributed by atoms with Crippen molar-refractivity contribution < 1.29 is 24.2 Å². The first kappa shape index (κ1) is 16.9. The molecule has 0 aromatic heterocycles. The molecule has 146 valence electrons. The molecule has 1 aromatic carbocycles. The molecule has 1 aromatic rings. The maximum absolute atomic E-state index is 13.9. The number of Topliss-reactive ketones (excluding diaryl/α,β-unsaturated/α-hetero) is 2. The van der Waals surface area contributed by atoms with Gasteiger partial charge in [0.2, 0.25) is 0 Å². The minimum atomic E-state index is -1.58. The maximum Gasteiger partial charge on any atom is 0.169 e. The second-order valence-corrected chi connectivity index (χ2v) is 9.94. The molecule has 2 heterocycles. The lowest BCUT2D eigenvalue weighted by Crippen LogP contribution is -2.48. The van der Waals surface area contributed by atoms with Crippen molar-refractivity contribution in [1.29, 1.82) is 0 Å². The van der Waals surface area contributed by atoms with Crippen molar-refractivity contribution >= 4 is 11.6 Å². The summed E-state index contributed by atoms with van der Waals surface area (Å²) in [6.45, 7) is 8.21. The zero-order chi connectivity index (χ0) is 19.9. The van der Waals surface area contributed by atoms with E-state index in [2.05, 4.69) is 0 Å². The molecule has 5 heteroatoms. The molecule has 2 saturated carbocycles. The van der Waals surface area contributed by atoms with Crippen LogP contribution in [0.1, 0.15) is 45.8 Å². The summed E-state index contributed by atoms with van der Waals surface area (Å²) in [5, 5.41) is 11.8. The molecule has 3 aliphatic carbocycles. The second kappa shape index (κ2) is 4.29. The van der Waals surface area contributed by atoms with Crippen molar-refractivity contribution in [3.8, 4) is 0 Å². The van der Waals surface area contributed by atoms with Gasteiger partial charge in [0, 0.05) is 5.92 Å². The average Bonchev–Trinajstić information content (AvgIpc) is 2.88. The standard InChI is InChI=1S/C23H24O5/c1-19(2)15-11-27-21(4)22(15)18(25)20(19,3)17-16(23(21,22)26)13(24)10-14(28-17)12-8-6-5-7-9-12/h5-9,14-15,26H,10-11H2,1-4H3. The second-order valence-electron chi connectivity index (χ2n) is 9.94. The molecule has 2 aliphatic heterocycles. The number of carbonyl (C=O) groups excluding carboxylic acids is 2. The number of rotatable bonds is 1. The zero-order valence-corrected chi connectivity index (χ0v) is 16.5. The van der Waals surface area contributed by atoms with Crippen molar-refractivity contribution in [2.24, 2.45) is 22.2 Å². The first-order valence-electron chi connectivity index (χ1n) is 10.0. The highest BCUT2D eigenvalue weighted by molar-refractivity contribution is 6.14. The predicted molar refractivity (Wildman–Crippen MR) is 99.0 cm³/mol. The van der Waals surface area contributed by atoms with Gasteiger partial charge in [0.25, 0.3) is 0 Å². The Bertz CT molecular complexity index is 1010. The lowest BCUT2D eigenvalue weighted by atomic mass is 9.63. The van der Waals surface area contributed by atoms with Gasteiger partial charge in [0.05, 0.1) is 24.0 Å². The Morgan fingerprint density at radius 2 is 1.75 bits per heavy atom. The average molecular weight is 380 g/mol. The van der Waals surface area contributed by atoms with Crippen molar-refractivity contribution in [1.82, 2.24) is 0 Å². The molecule has 5 aliphatic rings. The van der Waals surface area contributed by atoms with Gasteiger partial charge in [-0.3, -0.25) is 9.59 Å². The van der Waals surface area contributed by atoms with Gasteiger partial charge in [-0.15, -0.1) is 0 Å². The van der Waals surface area contributed by atoms with E-state index < -0.39 is 33.6 Å². The molecule has 0 amide bonds. The normalized spacial score (nSPS) is 49.6. The van der Waals surface area contributed by atoms with Gasteiger partial charge >= 0.3 is 0 Å². The molecule has 6 atom stereocenters. The van der Waals surface area contributed by atoms with E-state index >= 15 is 0 Å². The molecule has 1 spiro atoms. The summed E-state index contributed by atoms with van der Waals surface area (Å²) in [6.07, 6.45) is -0.290. The Morgan fingerprint density at radius 1 is 1.07 bits per heavy atom. The van der Waals surface area contributed by atoms with Gasteiger partial charge in [0.1, 0.15) is 28.5 Å². The fourth-order valence-corrected chi connectivity index (χ4v) is 7.26. The molecule has 2 bridgehead atoms. The van der Waals surface area contributed by atoms with Crippen LogP contribution in [0.15, 0.2) is 41.7 Å². The number of carbonyl (C=O) groups is 2. The molecule has 3 fully saturated rings. The highest BCUT2D eigenvalue weighted by Gasteiger charge is 3.03. The third-order valence-corrected chi connectivity index (χ3v) is 9.11. The number of fused-ring (bicyclic) bond motifs is 4. The fraction of sp³-hybridized carbons (Fsp3) is 0.565. The van der Waals surface area contributed by atoms with Gasteiger partial charge in [0.15, 0.2) is 11.6 Å². The van der Waals surface area contributed by atoms with Crippen LogP contribution in [-0.4, -0.2) is 34.5 Å². The van der Waals surface area contributed by atoms with Crippen LogP contribution in [0.4, 0.5) is 0 Å². The molecule has 6 rings (SSSR count). The number of allylic oxidation sites excluding steroid dienone is 1. The van der Waals surface area contributed by atoms with E-state index in [1.54, 1.807) is 6.92 Å². The summed E-state index contributed by atoms with van der Waals surface area (Å²) >= 11 is 0. The monoisotopic (exact) mass is 380 g/mol. The van der Waals surface area contributed by atoms with E-state index in [0.717, 1.165) is 5.56 Å². The molecule has 28 heavy (non-hydrogen) atoms. The SMILES string of the molecule is CC12C(=O)C34C(COC3(C)C4(O)C3=C1OC(c1ccccc1)CC3=O)C2(C)C. The predicted octanol–water partition coefficient (Wildman–Crippen LogP) is 2.74. The van der Waals surface area contributed by atoms with Crippen molar-refractivity contribution in [3.05, 3.63) is 47.2 Å². The number of aliphatic hydroxyl groups is 1. The highest BCUT2D eigenvalue weighted by Crippen LogP contribution is 2.89. The summed E-state index contributed by atoms with van der Waals surface area (Å²) in [6, 6.07) is 9.60. The molecular formula is C23H24O5. The third-order valence-electron chi connectivity index (χ3n) is 9.11. The van der Waals surface area contributed by atoms with Crippen LogP contribution >= 0.6 is 0 Å². The Balaban J connectivity index is 1.62. The first-order valence-corrected chi connectivity index (χ1v) is 10.0. The van der Waals surface area contributed by atoms with E-state index in [1.807, 2.05) is 51.1 Å². The maximum atomic E-state index is 13.9. The summed E-state index contributed by atoms with van der Waals surface area (Å²) in [5.74, 6) is 0.0660. The Hall–Kier alpha value is -1.98. The van der Waals surface area contributed by atoms with E-state index in [0.29, 0.717) is 17.9 Å². The van der Waals surface area contributed by atoms with Crippen LogP contribution in [-0.2, 0) is 19.1 Å². The number of ketones is 2. The Kier molecular flexibility index (Phi) is 2.59. The topological polar surface area (TPSA) is 72.8 Å². The van der Waals surface area contributed by atoms with Crippen molar-refractivity contribution in [2.45, 2.75) is 51.4 Å². The molecule has 5 nitrogen and oxygen atoms in total. The minimum Gasteiger partial charge on any atom is -0.488 e. The lowest BCUT2D eigenvalue weighted by Gasteiger charge is -2.44. The molecule has 0 radical (unpaired) electrons. The van der Waals surface area contributed by atoms with Crippen LogP contribution in [0.3, 0.4) is 0 Å². The number of hydrogen-bond donors (Lipinski definition) is 1. The van der Waals surface area contributed by atoms with Crippen molar-refractivity contribution in [3.63, 3.8) is 0 Å². The summed E-state index contributed by atoms with van der Waals surface area (Å²) in [4.78, 5) is 27.3. The molecule has 1 N–H and O–H groups in total. The van der Waals surface area contributed by atoms with Crippen LogP contribution in [0.25, 0.3) is 0 Å². The molecule has 6 unspecified atom stereocenters. The molecule has 1 saturated heterocycles. The van der Waals surface area contributed by atoms with Gasteiger partial charge in [-0.05, 0) is 24.8 Å². The summed E-state index contributed by atoms with van der Waals surface area (Å²) < 4.78 is 12.5. The van der Waals surface area contributed by atoms with Crippen LogP contribution in [0.2, 0.25) is 0 Å². The Labute approximate surface area is 163 Å². The van der Waals surface area contributed by atoms with Gasteiger partial charge < -0.3 is 14.6 Å². The lowest BCUT2D eigenvalue weighted by molar-refractivity contribution is -0.139. The van der Waals surface area contributed by atoms with Crippen LogP contribution in [0.5, 0.6) is 0 Å². The number of ether oxygens (including phenoxy) is 2. The van der Waals surface area contributed by atoms with E-state index in [4.69, 9.17) is 9.47 Å². The van der Waals surface area contributed by atoms with E-state index in [-0.39, 0.29) is 23.9 Å². The highest BCUT2D eigenvalue weighted by atomic mass is 16.6. The van der Waals surface area contributed by atoms with Gasteiger partial charge in [-0.1, -0.05) is 44.2 Å². The minimum absolute atomic E-state index is 0.0299. The zero-order valence-electron chi connectivity index (χ0n) is 16.5. The van der Waals surface area contributed by atoms with Gasteiger partial charge in [-0.2, -0.15) is 0 Å². The Morgan fingerprint density at radius 3 is 2.43 bits per heavy atom. The quantitative estimate of drug-likeness (QED) is 0.811. The molecular weight excluding hydrogens is 356 g/mol. The largest absolute Gasteiger partial charge is 0.488 e. The number of benzene rings is 1. The van der Waals surface area contributed by atoms with Crippen LogP contribution in [0, 0.1) is 22.2 Å². The van der Waals surface area contributed by atoms with Gasteiger partial charge in [-0.25, -0.2) is 0 Å². The summed E-state index contributed by atoms with van der Waals surface area (Å²) in [5.41, 5.74) is -3.92. The third kappa shape index (κ3) is 1.22. The first-order chi connectivity index (χ1) is 13.1. The smallest absolute Gasteiger partial charge is 0.169 e. The number of hydrogen-bond acceptors (Lipinski definition) is 5. The fourth-order valence-electron chi connectivity index (χ4n) is 7.26. The van der Waals surface area contributed by atoms with E-state index in [1.165, 1.54) is 0 Å². The summed E-state index contributed by atoms with van der Waals surface area (Å²) in [7, 11) is 0. The van der Waals surface area contributed by atoms with Crippen molar-refractivity contribution in [2.75, 3.05) is 6.61 Å².